The molecule has 1 aromatic carbocycles. The van der Waals surface area contributed by atoms with Crippen LogP contribution in [0, 0.1) is 0 Å². The first-order valence-corrected chi connectivity index (χ1v) is 5.79. The van der Waals surface area contributed by atoms with E-state index < -0.39 is 11.9 Å². The summed E-state index contributed by atoms with van der Waals surface area (Å²) in [5.41, 5.74) is 5.14. The van der Waals surface area contributed by atoms with Crippen molar-refractivity contribution in [1.82, 2.24) is 0 Å². The third kappa shape index (κ3) is 3.78. The van der Waals surface area contributed by atoms with Gasteiger partial charge in [-0.1, -0.05) is 0 Å². The lowest BCUT2D eigenvalue weighted by molar-refractivity contribution is -0.118. The zero-order valence-corrected chi connectivity index (χ0v) is 11.6. The first-order valence-electron chi connectivity index (χ1n) is 5.79. The topological polar surface area (TPSA) is 97.1 Å². The second-order valence-corrected chi connectivity index (χ2v) is 3.76. The molecule has 1 aromatic rings. The maximum absolute atomic E-state index is 11.9. The molecular weight excluding hydrogens is 266 g/mol. The number of carbonyl (C=O) groups is 2. The van der Waals surface area contributed by atoms with E-state index in [-0.39, 0.29) is 24.3 Å². The van der Waals surface area contributed by atoms with E-state index in [9.17, 15) is 9.59 Å². The van der Waals surface area contributed by atoms with Crippen LogP contribution in [0.1, 0.15) is 16.8 Å². The van der Waals surface area contributed by atoms with E-state index in [0.717, 1.165) is 0 Å². The number of benzene rings is 1. The van der Waals surface area contributed by atoms with E-state index >= 15 is 0 Å². The van der Waals surface area contributed by atoms with Crippen molar-refractivity contribution in [2.45, 2.75) is 6.42 Å². The molecule has 0 fully saturated rings. The van der Waals surface area contributed by atoms with Crippen molar-refractivity contribution < 1.29 is 28.5 Å². The van der Waals surface area contributed by atoms with Crippen LogP contribution in [0.2, 0.25) is 0 Å². The van der Waals surface area contributed by atoms with E-state index in [1.807, 2.05) is 0 Å². The Morgan fingerprint density at radius 1 is 1.00 bits per heavy atom. The average Bonchev–Trinajstić information content (AvgIpc) is 2.45. The molecule has 0 spiro atoms. The van der Waals surface area contributed by atoms with Gasteiger partial charge in [-0.25, -0.2) is 4.79 Å². The molecule has 7 nitrogen and oxygen atoms in total. The molecule has 20 heavy (non-hydrogen) atoms. The predicted octanol–water partition coefficient (Wildman–Crippen LogP) is 0.745. The molecule has 0 heterocycles. The minimum Gasteiger partial charge on any atom is -0.496 e. The smallest absolute Gasteiger partial charge is 0.342 e. The van der Waals surface area contributed by atoms with Crippen LogP contribution in [-0.4, -0.2) is 39.8 Å². The lowest BCUT2D eigenvalue weighted by Crippen LogP contribution is -2.16. The van der Waals surface area contributed by atoms with Gasteiger partial charge < -0.3 is 24.7 Å². The number of hydrogen-bond donors (Lipinski definition) is 1. The van der Waals surface area contributed by atoms with E-state index in [4.69, 9.17) is 24.7 Å². The highest BCUT2D eigenvalue weighted by Crippen LogP contribution is 2.34. The molecule has 0 saturated carbocycles. The molecule has 0 unspecified atom stereocenters. The summed E-state index contributed by atoms with van der Waals surface area (Å²) in [6.07, 6.45) is -0.0403. The van der Waals surface area contributed by atoms with E-state index in [2.05, 4.69) is 0 Å². The van der Waals surface area contributed by atoms with Gasteiger partial charge in [-0.15, -0.1) is 0 Å². The van der Waals surface area contributed by atoms with Crippen LogP contribution in [0.5, 0.6) is 17.2 Å². The van der Waals surface area contributed by atoms with Crippen LogP contribution in [-0.2, 0) is 9.53 Å². The Morgan fingerprint density at radius 3 is 2.05 bits per heavy atom. The number of hydrogen-bond acceptors (Lipinski definition) is 6. The van der Waals surface area contributed by atoms with Crippen molar-refractivity contribution >= 4 is 11.9 Å². The van der Waals surface area contributed by atoms with Crippen molar-refractivity contribution in [3.63, 3.8) is 0 Å². The van der Waals surface area contributed by atoms with Gasteiger partial charge >= 0.3 is 5.97 Å². The summed E-state index contributed by atoms with van der Waals surface area (Å²) in [6, 6.07) is 2.97. The molecule has 110 valence electrons. The fraction of sp³-hybridized carbons (Fsp3) is 0.385. The van der Waals surface area contributed by atoms with Gasteiger partial charge in [0.05, 0.1) is 27.8 Å². The van der Waals surface area contributed by atoms with E-state index in [1.165, 1.54) is 33.5 Å². The third-order valence-corrected chi connectivity index (χ3v) is 2.51. The molecule has 0 atom stereocenters. The monoisotopic (exact) mass is 283 g/mol. The summed E-state index contributed by atoms with van der Waals surface area (Å²) in [5.74, 6) is -0.0963. The third-order valence-electron chi connectivity index (χ3n) is 2.51. The minimum absolute atomic E-state index is 0.0403. The number of methoxy groups -OCH3 is 3. The van der Waals surface area contributed by atoms with Gasteiger partial charge in [-0.3, -0.25) is 4.79 Å². The average molecular weight is 283 g/mol. The molecule has 0 aromatic heterocycles. The molecule has 1 amide bonds. The van der Waals surface area contributed by atoms with Crippen LogP contribution in [0.15, 0.2) is 12.1 Å². The second kappa shape index (κ2) is 7.22. The summed E-state index contributed by atoms with van der Waals surface area (Å²) >= 11 is 0. The Morgan fingerprint density at radius 2 is 1.55 bits per heavy atom. The first-order chi connectivity index (χ1) is 9.53. The van der Waals surface area contributed by atoms with Crippen molar-refractivity contribution in [2.24, 2.45) is 5.73 Å². The zero-order valence-electron chi connectivity index (χ0n) is 11.6. The van der Waals surface area contributed by atoms with Crippen LogP contribution in [0.25, 0.3) is 0 Å². The Hall–Kier alpha value is -2.44. The number of esters is 1. The van der Waals surface area contributed by atoms with Crippen molar-refractivity contribution in [2.75, 3.05) is 27.9 Å². The summed E-state index contributed by atoms with van der Waals surface area (Å²) in [4.78, 5) is 22.5. The van der Waals surface area contributed by atoms with Gasteiger partial charge in [0.25, 0.3) is 0 Å². The number of carbonyl (C=O) groups excluding carboxylic acids is 2. The van der Waals surface area contributed by atoms with E-state index in [1.54, 1.807) is 0 Å². The second-order valence-electron chi connectivity index (χ2n) is 3.76. The molecule has 0 aliphatic heterocycles. The highest BCUT2D eigenvalue weighted by molar-refractivity contribution is 5.93. The Kier molecular flexibility index (Phi) is 5.64. The van der Waals surface area contributed by atoms with Crippen LogP contribution >= 0.6 is 0 Å². The van der Waals surface area contributed by atoms with Crippen LogP contribution < -0.4 is 19.9 Å². The largest absolute Gasteiger partial charge is 0.496 e. The number of amides is 1. The molecule has 7 heteroatoms. The fourth-order valence-electron chi connectivity index (χ4n) is 1.51. The van der Waals surface area contributed by atoms with Crippen LogP contribution in [0.4, 0.5) is 0 Å². The number of rotatable bonds is 7. The standard InChI is InChI=1S/C13H17NO6/c1-17-9-7-11(19-3)10(18-2)6-8(9)13(16)20-5-4-12(14)15/h6-7H,4-5H2,1-3H3,(H2,14,15). The summed E-state index contributed by atoms with van der Waals surface area (Å²) in [7, 11) is 4.34. The van der Waals surface area contributed by atoms with Gasteiger partial charge in [0.2, 0.25) is 5.91 Å². The normalized spacial score (nSPS) is 9.75. The molecule has 0 radical (unpaired) electrons. The summed E-state index contributed by atoms with van der Waals surface area (Å²) in [5, 5.41) is 0. The lowest BCUT2D eigenvalue weighted by atomic mass is 10.1. The van der Waals surface area contributed by atoms with Gasteiger partial charge in [0.15, 0.2) is 11.5 Å². The number of nitrogens with two attached hydrogens (primary N) is 1. The van der Waals surface area contributed by atoms with E-state index in [0.29, 0.717) is 11.5 Å². The first kappa shape index (κ1) is 15.6. The maximum atomic E-state index is 11.9. The number of ether oxygens (including phenoxy) is 4. The molecule has 1 rings (SSSR count). The molecular formula is C13H17NO6. The molecule has 0 aliphatic carbocycles. The highest BCUT2D eigenvalue weighted by Gasteiger charge is 2.19. The zero-order chi connectivity index (χ0) is 15.1. The van der Waals surface area contributed by atoms with Crippen molar-refractivity contribution in [3.8, 4) is 17.2 Å². The Balaban J connectivity index is 2.97. The van der Waals surface area contributed by atoms with Crippen molar-refractivity contribution in [1.29, 1.82) is 0 Å². The molecule has 0 aliphatic rings. The molecule has 2 N–H and O–H groups in total. The summed E-state index contributed by atoms with van der Waals surface area (Å²) in [6.45, 7) is -0.0916. The molecule has 0 saturated heterocycles. The van der Waals surface area contributed by atoms with Gasteiger partial charge in [-0.2, -0.15) is 0 Å². The quantitative estimate of drug-likeness (QED) is 0.741. The fourth-order valence-corrected chi connectivity index (χ4v) is 1.51. The molecule has 0 bridgehead atoms. The maximum Gasteiger partial charge on any atom is 0.342 e. The minimum atomic E-state index is -0.635. The highest BCUT2D eigenvalue weighted by atomic mass is 16.5. The van der Waals surface area contributed by atoms with Gasteiger partial charge in [0.1, 0.15) is 17.9 Å². The van der Waals surface area contributed by atoms with Gasteiger partial charge in [0, 0.05) is 12.1 Å². The predicted molar refractivity (Wildman–Crippen MR) is 70.2 cm³/mol. The number of primary amides is 1. The summed E-state index contributed by atoms with van der Waals surface area (Å²) < 4.78 is 20.3. The van der Waals surface area contributed by atoms with Crippen molar-refractivity contribution in [3.05, 3.63) is 17.7 Å². The van der Waals surface area contributed by atoms with Gasteiger partial charge in [-0.05, 0) is 0 Å². The SMILES string of the molecule is COc1cc(OC)c(C(=O)OCCC(N)=O)cc1OC. The Labute approximate surface area is 116 Å². The van der Waals surface area contributed by atoms with Crippen LogP contribution in [0.3, 0.4) is 0 Å². The Bertz CT molecular complexity index is 500. The lowest BCUT2D eigenvalue weighted by Gasteiger charge is -2.13.